The molecule has 26 heavy (non-hydrogen) atoms. The maximum absolute atomic E-state index is 12.4. The molecule has 9 heteroatoms. The third-order valence-corrected chi connectivity index (χ3v) is 4.58. The Hall–Kier alpha value is -1.61. The molecule has 2 atom stereocenters. The molecule has 0 radical (unpaired) electrons. The number of rotatable bonds is 7. The van der Waals surface area contributed by atoms with Gasteiger partial charge in [-0.25, -0.2) is 13.9 Å². The van der Waals surface area contributed by atoms with Crippen LogP contribution in [0.2, 0.25) is 0 Å². The van der Waals surface area contributed by atoms with Gasteiger partial charge in [0.05, 0.1) is 28.2 Å². The van der Waals surface area contributed by atoms with Gasteiger partial charge in [0.25, 0.3) is 0 Å². The number of hydrogen-bond acceptors (Lipinski definition) is 5. The van der Waals surface area contributed by atoms with Gasteiger partial charge < -0.3 is 9.47 Å². The summed E-state index contributed by atoms with van der Waals surface area (Å²) in [5.41, 5.74) is -0.145. The maximum atomic E-state index is 12.4. The van der Waals surface area contributed by atoms with E-state index >= 15 is 0 Å². The van der Waals surface area contributed by atoms with Crippen molar-refractivity contribution < 1.29 is 27.3 Å². The number of nitrogens with zero attached hydrogens (tertiary/aromatic N) is 1. The minimum Gasteiger partial charge on any atom is -0.460 e. The second kappa shape index (κ2) is 8.85. The topological polar surface area (TPSA) is 77.5 Å². The standard InChI is InChI=1S/C17H26F2N2O4S/c1-16(2,3)25-14(22)9-12(21-26(23)17(4,5)6)11-7-8-13(20-10-11)24-15(18)19/h7-8,10,12,15,21H,9H2,1-6H3/t12-,26?/m0/s1. The fraction of sp³-hybridized carbons (Fsp3) is 0.647. The Bertz CT molecular complexity index is 625. The Balaban J connectivity index is 2.99. The zero-order valence-corrected chi connectivity index (χ0v) is 16.7. The Morgan fingerprint density at radius 1 is 1.23 bits per heavy atom. The van der Waals surface area contributed by atoms with Gasteiger partial charge in [-0.1, -0.05) is 6.07 Å². The average Bonchev–Trinajstić information content (AvgIpc) is 2.43. The molecule has 0 saturated carbocycles. The molecule has 148 valence electrons. The van der Waals surface area contributed by atoms with Crippen LogP contribution in [0.3, 0.4) is 0 Å². The first-order chi connectivity index (χ1) is 11.8. The normalized spacial score (nSPS) is 14.8. The summed E-state index contributed by atoms with van der Waals surface area (Å²) in [5, 5.41) is 0. The molecular weight excluding hydrogens is 366 g/mol. The van der Waals surface area contributed by atoms with Crippen LogP contribution in [-0.4, -0.2) is 32.1 Å². The fourth-order valence-corrected chi connectivity index (χ4v) is 2.67. The summed E-state index contributed by atoms with van der Waals surface area (Å²) in [5.74, 6) is -0.717. The third-order valence-electron chi connectivity index (χ3n) is 2.97. The van der Waals surface area contributed by atoms with Crippen LogP contribution in [0.5, 0.6) is 5.88 Å². The van der Waals surface area contributed by atoms with Crippen LogP contribution >= 0.6 is 0 Å². The number of ether oxygens (including phenoxy) is 2. The van der Waals surface area contributed by atoms with E-state index in [2.05, 4.69) is 14.4 Å². The molecule has 1 aromatic heterocycles. The van der Waals surface area contributed by atoms with Crippen LogP contribution in [0.1, 0.15) is 59.6 Å². The lowest BCUT2D eigenvalue weighted by atomic mass is 10.1. The van der Waals surface area contributed by atoms with E-state index in [0.717, 1.165) is 0 Å². The van der Waals surface area contributed by atoms with Crippen molar-refractivity contribution in [3.63, 3.8) is 0 Å². The predicted octanol–water partition coefficient (Wildman–Crippen LogP) is 3.51. The summed E-state index contributed by atoms with van der Waals surface area (Å²) in [6, 6.07) is 2.11. The zero-order chi connectivity index (χ0) is 20.1. The summed E-state index contributed by atoms with van der Waals surface area (Å²) < 4.78 is 48.8. The molecule has 0 aromatic carbocycles. The van der Waals surface area contributed by atoms with Crippen molar-refractivity contribution in [2.75, 3.05) is 0 Å². The van der Waals surface area contributed by atoms with E-state index in [-0.39, 0.29) is 12.3 Å². The SMILES string of the molecule is CC(C)(C)OC(=O)C[C@H](NS(=O)C(C)(C)C)c1ccc(OC(F)F)nc1. The highest BCUT2D eigenvalue weighted by Gasteiger charge is 2.27. The number of pyridine rings is 1. The van der Waals surface area contributed by atoms with Gasteiger partial charge in [0, 0.05) is 12.3 Å². The number of nitrogens with one attached hydrogen (secondary N) is 1. The van der Waals surface area contributed by atoms with Crippen molar-refractivity contribution in [2.45, 2.75) is 71.0 Å². The van der Waals surface area contributed by atoms with Gasteiger partial charge in [0.15, 0.2) is 0 Å². The molecule has 1 heterocycles. The second-order valence-electron chi connectivity index (χ2n) is 7.65. The Labute approximate surface area is 155 Å². The first kappa shape index (κ1) is 22.4. The van der Waals surface area contributed by atoms with E-state index in [1.54, 1.807) is 41.5 Å². The predicted molar refractivity (Wildman–Crippen MR) is 95.1 cm³/mol. The van der Waals surface area contributed by atoms with Crippen molar-refractivity contribution in [3.05, 3.63) is 23.9 Å². The first-order valence-corrected chi connectivity index (χ1v) is 9.23. The second-order valence-corrected chi connectivity index (χ2v) is 9.65. The minimum absolute atomic E-state index is 0.0875. The van der Waals surface area contributed by atoms with Gasteiger partial charge in [-0.2, -0.15) is 8.78 Å². The molecule has 0 amide bonds. The number of aromatic nitrogens is 1. The van der Waals surface area contributed by atoms with Gasteiger partial charge in [-0.15, -0.1) is 0 Å². The molecule has 0 saturated heterocycles. The number of alkyl halides is 2. The number of esters is 1. The van der Waals surface area contributed by atoms with Crippen LogP contribution in [-0.2, 0) is 20.5 Å². The smallest absolute Gasteiger partial charge is 0.388 e. The van der Waals surface area contributed by atoms with Crippen molar-refractivity contribution >= 4 is 17.0 Å². The minimum atomic E-state index is -2.97. The summed E-state index contributed by atoms with van der Waals surface area (Å²) in [6.07, 6.45) is 1.22. The van der Waals surface area contributed by atoms with Crippen molar-refractivity contribution in [2.24, 2.45) is 0 Å². The highest BCUT2D eigenvalue weighted by atomic mass is 32.2. The van der Waals surface area contributed by atoms with Crippen molar-refractivity contribution in [1.82, 2.24) is 9.71 Å². The van der Waals surface area contributed by atoms with Crippen LogP contribution in [0, 0.1) is 0 Å². The summed E-state index contributed by atoms with van der Waals surface area (Å²) in [7, 11) is -1.46. The fourth-order valence-electron chi connectivity index (χ4n) is 1.84. The highest BCUT2D eigenvalue weighted by molar-refractivity contribution is 7.84. The van der Waals surface area contributed by atoms with Crippen LogP contribution in [0.15, 0.2) is 18.3 Å². The van der Waals surface area contributed by atoms with Gasteiger partial charge in [0.2, 0.25) is 5.88 Å². The van der Waals surface area contributed by atoms with Gasteiger partial charge >= 0.3 is 12.6 Å². The van der Waals surface area contributed by atoms with E-state index < -0.39 is 40.0 Å². The van der Waals surface area contributed by atoms with Gasteiger partial charge in [0.1, 0.15) is 5.60 Å². The van der Waals surface area contributed by atoms with Crippen molar-refractivity contribution in [1.29, 1.82) is 0 Å². The Morgan fingerprint density at radius 3 is 2.27 bits per heavy atom. The molecule has 0 spiro atoms. The Kier molecular flexibility index (Phi) is 7.64. The molecule has 0 aliphatic heterocycles. The van der Waals surface area contributed by atoms with Gasteiger partial charge in [-0.3, -0.25) is 4.79 Å². The lowest BCUT2D eigenvalue weighted by Gasteiger charge is -2.26. The Morgan fingerprint density at radius 2 is 1.85 bits per heavy atom. The molecule has 0 aliphatic carbocycles. The summed E-state index contributed by atoms with van der Waals surface area (Å²) in [6.45, 7) is 7.64. The highest BCUT2D eigenvalue weighted by Crippen LogP contribution is 2.23. The summed E-state index contributed by atoms with van der Waals surface area (Å²) >= 11 is 0. The molecule has 1 N–H and O–H groups in total. The maximum Gasteiger partial charge on any atom is 0.388 e. The third kappa shape index (κ3) is 8.18. The molecule has 1 aromatic rings. The largest absolute Gasteiger partial charge is 0.460 e. The van der Waals surface area contributed by atoms with E-state index in [4.69, 9.17) is 4.74 Å². The monoisotopic (exact) mass is 392 g/mol. The van der Waals surface area contributed by atoms with E-state index in [9.17, 15) is 17.8 Å². The lowest BCUT2D eigenvalue weighted by Crippen LogP contribution is -2.37. The number of carbonyl (C=O) groups is 1. The van der Waals surface area contributed by atoms with E-state index in [1.165, 1.54) is 18.3 Å². The first-order valence-electron chi connectivity index (χ1n) is 8.08. The average molecular weight is 392 g/mol. The van der Waals surface area contributed by atoms with E-state index in [0.29, 0.717) is 5.56 Å². The molecule has 0 aliphatic rings. The van der Waals surface area contributed by atoms with Crippen LogP contribution in [0.4, 0.5) is 8.78 Å². The molecule has 6 nitrogen and oxygen atoms in total. The molecule has 1 rings (SSSR count). The van der Waals surface area contributed by atoms with Crippen LogP contribution < -0.4 is 9.46 Å². The van der Waals surface area contributed by atoms with Gasteiger partial charge in [-0.05, 0) is 47.1 Å². The van der Waals surface area contributed by atoms with Crippen LogP contribution in [0.25, 0.3) is 0 Å². The molecule has 0 bridgehead atoms. The summed E-state index contributed by atoms with van der Waals surface area (Å²) in [4.78, 5) is 16.0. The zero-order valence-electron chi connectivity index (χ0n) is 15.8. The number of halogens is 2. The van der Waals surface area contributed by atoms with E-state index in [1.807, 2.05) is 0 Å². The molecule has 1 unspecified atom stereocenters. The lowest BCUT2D eigenvalue weighted by molar-refractivity contribution is -0.155. The number of hydrogen-bond donors (Lipinski definition) is 1. The quantitative estimate of drug-likeness (QED) is 0.719. The molecular formula is C17H26F2N2O4S. The van der Waals surface area contributed by atoms with Crippen molar-refractivity contribution in [3.8, 4) is 5.88 Å². The molecule has 0 fully saturated rings. The number of carbonyl (C=O) groups excluding carboxylic acids is 1.